The Morgan fingerprint density at radius 1 is 1.28 bits per heavy atom. The monoisotopic (exact) mass is 345 g/mol. The van der Waals surface area contributed by atoms with Crippen LogP contribution in [0, 0.1) is 5.92 Å². The highest BCUT2D eigenvalue weighted by molar-refractivity contribution is 6.12. The third-order valence-corrected chi connectivity index (χ3v) is 4.49. The van der Waals surface area contributed by atoms with Crippen molar-refractivity contribution in [1.82, 2.24) is 10.2 Å². The van der Waals surface area contributed by atoms with Gasteiger partial charge in [0, 0.05) is 36.9 Å². The Kier molecular flexibility index (Phi) is 5.33. The third-order valence-electron chi connectivity index (χ3n) is 4.49. The van der Waals surface area contributed by atoms with Crippen LogP contribution in [-0.2, 0) is 9.53 Å². The lowest BCUT2D eigenvalue weighted by Gasteiger charge is -2.18. The van der Waals surface area contributed by atoms with E-state index in [-0.39, 0.29) is 18.4 Å². The number of hydrogen-bond donors (Lipinski definition) is 1. The molecule has 7 heteroatoms. The van der Waals surface area contributed by atoms with Crippen molar-refractivity contribution in [3.05, 3.63) is 29.8 Å². The Morgan fingerprint density at radius 3 is 2.68 bits per heavy atom. The molecule has 0 aliphatic carbocycles. The molecule has 1 aromatic carbocycles. The molecule has 2 saturated heterocycles. The van der Waals surface area contributed by atoms with Crippen molar-refractivity contribution in [1.29, 1.82) is 0 Å². The summed E-state index contributed by atoms with van der Waals surface area (Å²) in [5.41, 5.74) is 1.19. The largest absolute Gasteiger partial charge is 0.381 e. The normalized spacial score (nSPS) is 20.3. The summed E-state index contributed by atoms with van der Waals surface area (Å²) in [7, 11) is 0. The molecule has 0 bridgehead atoms. The van der Waals surface area contributed by atoms with Crippen LogP contribution in [-0.4, -0.2) is 55.6 Å². The van der Waals surface area contributed by atoms with Gasteiger partial charge in [-0.2, -0.15) is 0 Å². The SMILES string of the molecule is CCCOC[C@H]1CCN(C(=O)c2ccc(N3CC(=O)NC3=O)cc2)C1. The zero-order valence-corrected chi connectivity index (χ0v) is 14.4. The minimum atomic E-state index is -0.432. The summed E-state index contributed by atoms with van der Waals surface area (Å²) < 4.78 is 5.58. The van der Waals surface area contributed by atoms with Crippen molar-refractivity contribution in [3.63, 3.8) is 0 Å². The highest BCUT2D eigenvalue weighted by Crippen LogP contribution is 2.22. The number of nitrogens with one attached hydrogen (secondary N) is 1. The highest BCUT2D eigenvalue weighted by Gasteiger charge is 2.29. The standard InChI is InChI=1S/C18H23N3O4/c1-2-9-25-12-13-7-8-20(10-13)17(23)14-3-5-15(6-4-14)21-11-16(22)19-18(21)24/h3-6,13H,2,7-12H2,1H3,(H,19,22,24)/t13-/m0/s1. The van der Waals surface area contributed by atoms with Gasteiger partial charge < -0.3 is 9.64 Å². The number of ether oxygens (including phenoxy) is 1. The smallest absolute Gasteiger partial charge is 0.329 e. The number of hydrogen-bond acceptors (Lipinski definition) is 4. The van der Waals surface area contributed by atoms with E-state index in [4.69, 9.17) is 4.74 Å². The van der Waals surface area contributed by atoms with Gasteiger partial charge >= 0.3 is 6.03 Å². The fourth-order valence-electron chi connectivity index (χ4n) is 3.16. The zero-order valence-electron chi connectivity index (χ0n) is 14.4. The van der Waals surface area contributed by atoms with Gasteiger partial charge in [-0.1, -0.05) is 6.92 Å². The van der Waals surface area contributed by atoms with Gasteiger partial charge in [0.25, 0.3) is 5.91 Å². The Balaban J connectivity index is 1.58. The van der Waals surface area contributed by atoms with E-state index in [1.165, 1.54) is 4.90 Å². The number of nitrogens with zero attached hydrogens (tertiary/aromatic N) is 2. The summed E-state index contributed by atoms with van der Waals surface area (Å²) in [5, 5.41) is 2.23. The van der Waals surface area contributed by atoms with Crippen LogP contribution in [0.1, 0.15) is 30.1 Å². The molecule has 2 aliphatic rings. The molecule has 1 atom stereocenters. The number of carbonyl (C=O) groups excluding carboxylic acids is 3. The number of likely N-dealkylation sites (tertiary alicyclic amines) is 1. The molecule has 0 unspecified atom stereocenters. The third kappa shape index (κ3) is 3.99. The molecule has 2 fully saturated rings. The Bertz CT molecular complexity index is 659. The van der Waals surface area contributed by atoms with Crippen LogP contribution >= 0.6 is 0 Å². The number of amides is 4. The number of benzene rings is 1. The summed E-state index contributed by atoms with van der Waals surface area (Å²) in [4.78, 5) is 38.7. The lowest BCUT2D eigenvalue weighted by Crippen LogP contribution is -2.30. The number of anilines is 1. The van der Waals surface area contributed by atoms with Crippen LogP contribution < -0.4 is 10.2 Å². The van der Waals surface area contributed by atoms with E-state index < -0.39 is 6.03 Å². The lowest BCUT2D eigenvalue weighted by atomic mass is 10.1. The number of carbonyl (C=O) groups is 3. The molecule has 0 spiro atoms. The second-order valence-electron chi connectivity index (χ2n) is 6.47. The molecule has 1 N–H and O–H groups in total. The van der Waals surface area contributed by atoms with E-state index >= 15 is 0 Å². The minimum absolute atomic E-state index is 0.00788. The molecule has 0 aromatic heterocycles. The van der Waals surface area contributed by atoms with Crippen molar-refractivity contribution in [2.75, 3.05) is 37.7 Å². The first-order valence-corrected chi connectivity index (χ1v) is 8.67. The summed E-state index contributed by atoms with van der Waals surface area (Å²) in [5.74, 6) is 0.0686. The van der Waals surface area contributed by atoms with Gasteiger partial charge in [0.2, 0.25) is 5.91 Å². The summed E-state index contributed by atoms with van der Waals surface area (Å²) in [6, 6.07) is 6.37. The maximum atomic E-state index is 12.6. The first-order valence-electron chi connectivity index (χ1n) is 8.67. The molecule has 2 heterocycles. The van der Waals surface area contributed by atoms with Crippen LogP contribution in [0.15, 0.2) is 24.3 Å². The molecule has 4 amide bonds. The Hall–Kier alpha value is -2.41. The van der Waals surface area contributed by atoms with Gasteiger partial charge in [-0.3, -0.25) is 19.8 Å². The molecular formula is C18H23N3O4. The summed E-state index contributed by atoms with van der Waals surface area (Å²) >= 11 is 0. The van der Waals surface area contributed by atoms with Crippen molar-refractivity contribution in [2.24, 2.45) is 5.92 Å². The quantitative estimate of drug-likeness (QED) is 0.628. The fourth-order valence-corrected chi connectivity index (χ4v) is 3.16. The molecule has 0 radical (unpaired) electrons. The topological polar surface area (TPSA) is 79.0 Å². The average molecular weight is 345 g/mol. The molecule has 7 nitrogen and oxygen atoms in total. The number of urea groups is 1. The van der Waals surface area contributed by atoms with E-state index in [9.17, 15) is 14.4 Å². The van der Waals surface area contributed by atoms with Crippen LogP contribution in [0.3, 0.4) is 0 Å². The summed E-state index contributed by atoms with van der Waals surface area (Å²) in [6.07, 6.45) is 1.96. The number of imide groups is 1. The maximum absolute atomic E-state index is 12.6. The second kappa shape index (κ2) is 7.65. The Morgan fingerprint density at radius 2 is 2.04 bits per heavy atom. The van der Waals surface area contributed by atoms with Crippen molar-refractivity contribution in [3.8, 4) is 0 Å². The predicted molar refractivity (Wildman–Crippen MR) is 92.4 cm³/mol. The average Bonchev–Trinajstić information content (AvgIpc) is 3.21. The highest BCUT2D eigenvalue weighted by atomic mass is 16.5. The van der Waals surface area contributed by atoms with E-state index in [0.29, 0.717) is 30.3 Å². The Labute approximate surface area is 146 Å². The van der Waals surface area contributed by atoms with Crippen LogP contribution in [0.2, 0.25) is 0 Å². The van der Waals surface area contributed by atoms with Gasteiger partial charge in [0.1, 0.15) is 6.54 Å². The minimum Gasteiger partial charge on any atom is -0.381 e. The van der Waals surface area contributed by atoms with E-state index in [1.54, 1.807) is 24.3 Å². The van der Waals surface area contributed by atoms with Crippen LogP contribution in [0.5, 0.6) is 0 Å². The van der Waals surface area contributed by atoms with Gasteiger partial charge in [0.15, 0.2) is 0 Å². The molecule has 3 rings (SSSR count). The molecule has 1 aromatic rings. The maximum Gasteiger partial charge on any atom is 0.329 e. The molecular weight excluding hydrogens is 322 g/mol. The van der Waals surface area contributed by atoms with Crippen LogP contribution in [0.4, 0.5) is 10.5 Å². The van der Waals surface area contributed by atoms with Gasteiger partial charge in [-0.25, -0.2) is 4.79 Å². The fraction of sp³-hybridized carbons (Fsp3) is 0.500. The van der Waals surface area contributed by atoms with Crippen LogP contribution in [0.25, 0.3) is 0 Å². The molecule has 134 valence electrons. The van der Waals surface area contributed by atoms with Crippen molar-refractivity contribution < 1.29 is 19.1 Å². The van der Waals surface area contributed by atoms with Gasteiger partial charge in [-0.05, 0) is 37.1 Å². The van der Waals surface area contributed by atoms with Crippen molar-refractivity contribution in [2.45, 2.75) is 19.8 Å². The van der Waals surface area contributed by atoms with E-state index in [2.05, 4.69) is 12.2 Å². The molecule has 0 saturated carbocycles. The second-order valence-corrected chi connectivity index (χ2v) is 6.47. The lowest BCUT2D eigenvalue weighted by molar-refractivity contribution is -0.117. The van der Waals surface area contributed by atoms with Gasteiger partial charge in [-0.15, -0.1) is 0 Å². The summed E-state index contributed by atoms with van der Waals surface area (Å²) in [6.45, 7) is 5.01. The molecule has 2 aliphatic heterocycles. The van der Waals surface area contributed by atoms with E-state index in [1.807, 2.05) is 4.90 Å². The zero-order chi connectivity index (χ0) is 17.8. The molecule has 25 heavy (non-hydrogen) atoms. The first kappa shape index (κ1) is 17.4. The van der Waals surface area contributed by atoms with Gasteiger partial charge in [0.05, 0.1) is 6.61 Å². The first-order chi connectivity index (χ1) is 12.1. The van der Waals surface area contributed by atoms with E-state index in [0.717, 1.165) is 26.0 Å². The predicted octanol–water partition coefficient (Wildman–Crippen LogP) is 1.63. The van der Waals surface area contributed by atoms with Crippen molar-refractivity contribution >= 4 is 23.5 Å². The number of rotatable bonds is 6.